The zero-order chi connectivity index (χ0) is 13.7. The van der Waals surface area contributed by atoms with Crippen molar-refractivity contribution in [3.05, 3.63) is 64.4 Å². The maximum atomic E-state index is 6.00. The van der Waals surface area contributed by atoms with E-state index in [2.05, 4.69) is 20.9 Å². The van der Waals surface area contributed by atoms with Crippen molar-refractivity contribution in [1.82, 2.24) is 4.98 Å². The molecular weight excluding hydrogens is 304 g/mol. The van der Waals surface area contributed by atoms with Crippen LogP contribution in [0.4, 0.5) is 0 Å². The van der Waals surface area contributed by atoms with Gasteiger partial charge in [-0.1, -0.05) is 28.1 Å². The molecule has 0 spiro atoms. The fourth-order valence-electron chi connectivity index (χ4n) is 1.87. The van der Waals surface area contributed by atoms with Gasteiger partial charge in [0.15, 0.2) is 0 Å². The van der Waals surface area contributed by atoms with Gasteiger partial charge in [0.05, 0.1) is 12.7 Å². The number of hydrogen-bond donors (Lipinski definition) is 1. The molecule has 0 saturated carbocycles. The molecule has 3 nitrogen and oxygen atoms in total. The van der Waals surface area contributed by atoms with Gasteiger partial charge in [0.2, 0.25) is 0 Å². The SMILES string of the molecule is CC(N)C(OCc1ccc(Br)cc1)c1ccncc1. The molecule has 2 aromatic rings. The van der Waals surface area contributed by atoms with Crippen molar-refractivity contribution in [3.63, 3.8) is 0 Å². The Morgan fingerprint density at radius 1 is 1.16 bits per heavy atom. The van der Waals surface area contributed by atoms with Gasteiger partial charge in [-0.2, -0.15) is 0 Å². The normalized spacial score (nSPS) is 14.1. The van der Waals surface area contributed by atoms with Crippen molar-refractivity contribution in [3.8, 4) is 0 Å². The summed E-state index contributed by atoms with van der Waals surface area (Å²) in [5, 5.41) is 0. The minimum atomic E-state index is -0.119. The number of benzene rings is 1. The van der Waals surface area contributed by atoms with E-state index in [9.17, 15) is 0 Å². The number of rotatable bonds is 5. The summed E-state index contributed by atoms with van der Waals surface area (Å²) in [5.74, 6) is 0. The Bertz CT molecular complexity index is 499. The first kappa shape index (κ1) is 14.2. The highest BCUT2D eigenvalue weighted by atomic mass is 79.9. The van der Waals surface area contributed by atoms with Gasteiger partial charge in [0.1, 0.15) is 0 Å². The predicted octanol–water partition coefficient (Wildman–Crippen LogP) is 3.45. The summed E-state index contributed by atoms with van der Waals surface area (Å²) >= 11 is 3.42. The maximum Gasteiger partial charge on any atom is 0.0978 e. The molecule has 0 amide bonds. The molecule has 2 atom stereocenters. The number of halogens is 1. The van der Waals surface area contributed by atoms with Crippen LogP contribution in [-0.2, 0) is 11.3 Å². The molecule has 0 aliphatic heterocycles. The molecule has 19 heavy (non-hydrogen) atoms. The Hall–Kier alpha value is -1.23. The molecule has 1 aromatic heterocycles. The van der Waals surface area contributed by atoms with E-state index in [0.717, 1.165) is 15.6 Å². The molecular formula is C15H17BrN2O. The minimum Gasteiger partial charge on any atom is -0.367 e. The number of pyridine rings is 1. The van der Waals surface area contributed by atoms with Crippen LogP contribution in [0.2, 0.25) is 0 Å². The van der Waals surface area contributed by atoms with Crippen molar-refractivity contribution >= 4 is 15.9 Å². The molecule has 1 heterocycles. The van der Waals surface area contributed by atoms with Crippen molar-refractivity contribution < 1.29 is 4.74 Å². The van der Waals surface area contributed by atoms with Crippen LogP contribution < -0.4 is 5.73 Å². The third-order valence-corrected chi connectivity index (χ3v) is 3.38. The summed E-state index contributed by atoms with van der Waals surface area (Å²) in [6.45, 7) is 2.49. The second kappa shape index (κ2) is 6.80. The van der Waals surface area contributed by atoms with Gasteiger partial charge >= 0.3 is 0 Å². The molecule has 0 aliphatic rings. The fourth-order valence-corrected chi connectivity index (χ4v) is 2.14. The third kappa shape index (κ3) is 4.13. The Labute approximate surface area is 121 Å². The molecule has 1 aromatic carbocycles. The van der Waals surface area contributed by atoms with E-state index < -0.39 is 0 Å². The van der Waals surface area contributed by atoms with Crippen LogP contribution in [0.15, 0.2) is 53.3 Å². The standard InChI is InChI=1S/C15H17BrN2O/c1-11(17)15(13-6-8-18-9-7-13)19-10-12-2-4-14(16)5-3-12/h2-9,11,15H,10,17H2,1H3. The number of nitrogens with two attached hydrogens (primary N) is 1. The lowest BCUT2D eigenvalue weighted by atomic mass is 10.1. The molecule has 2 unspecified atom stereocenters. The van der Waals surface area contributed by atoms with Crippen LogP contribution in [0.3, 0.4) is 0 Å². The lowest BCUT2D eigenvalue weighted by Gasteiger charge is -2.21. The smallest absolute Gasteiger partial charge is 0.0978 e. The largest absolute Gasteiger partial charge is 0.367 e. The van der Waals surface area contributed by atoms with Gasteiger partial charge in [0.25, 0.3) is 0 Å². The third-order valence-electron chi connectivity index (χ3n) is 2.85. The summed E-state index contributed by atoms with van der Waals surface area (Å²) in [6.07, 6.45) is 3.40. The van der Waals surface area contributed by atoms with Gasteiger partial charge in [-0.25, -0.2) is 0 Å². The molecule has 0 fully saturated rings. The van der Waals surface area contributed by atoms with E-state index in [1.54, 1.807) is 12.4 Å². The zero-order valence-electron chi connectivity index (χ0n) is 10.8. The molecule has 4 heteroatoms. The first-order valence-corrected chi connectivity index (χ1v) is 6.97. The summed E-state index contributed by atoms with van der Waals surface area (Å²) in [7, 11) is 0. The Morgan fingerprint density at radius 3 is 2.37 bits per heavy atom. The number of hydrogen-bond acceptors (Lipinski definition) is 3. The molecule has 0 bridgehead atoms. The quantitative estimate of drug-likeness (QED) is 0.917. The van der Waals surface area contributed by atoms with Gasteiger partial charge < -0.3 is 10.5 Å². The summed E-state index contributed by atoms with van der Waals surface area (Å²) < 4.78 is 7.01. The zero-order valence-corrected chi connectivity index (χ0v) is 12.4. The lowest BCUT2D eigenvalue weighted by Crippen LogP contribution is -2.26. The first-order chi connectivity index (χ1) is 9.16. The lowest BCUT2D eigenvalue weighted by molar-refractivity contribution is 0.0258. The van der Waals surface area contributed by atoms with Crippen molar-refractivity contribution in [2.75, 3.05) is 0 Å². The van der Waals surface area contributed by atoms with E-state index in [1.807, 2.05) is 43.3 Å². The van der Waals surface area contributed by atoms with Gasteiger partial charge in [-0.15, -0.1) is 0 Å². The highest BCUT2D eigenvalue weighted by molar-refractivity contribution is 9.10. The van der Waals surface area contributed by atoms with Crippen LogP contribution in [0.25, 0.3) is 0 Å². The van der Waals surface area contributed by atoms with Crippen LogP contribution in [0.5, 0.6) is 0 Å². The van der Waals surface area contributed by atoms with Crippen molar-refractivity contribution in [2.24, 2.45) is 5.73 Å². The predicted molar refractivity (Wildman–Crippen MR) is 79.6 cm³/mol. The Kier molecular flexibility index (Phi) is 5.07. The van der Waals surface area contributed by atoms with Gasteiger partial charge in [-0.3, -0.25) is 4.98 Å². The van der Waals surface area contributed by atoms with Crippen molar-refractivity contribution in [2.45, 2.75) is 25.7 Å². The Morgan fingerprint density at radius 2 is 1.79 bits per heavy atom. The highest BCUT2D eigenvalue weighted by Gasteiger charge is 2.16. The Balaban J connectivity index is 2.04. The first-order valence-electron chi connectivity index (χ1n) is 6.18. The van der Waals surface area contributed by atoms with Crippen molar-refractivity contribution in [1.29, 1.82) is 0 Å². The topological polar surface area (TPSA) is 48.1 Å². The van der Waals surface area contributed by atoms with E-state index in [0.29, 0.717) is 6.61 Å². The average Bonchev–Trinajstić information content (AvgIpc) is 2.42. The van der Waals surface area contributed by atoms with E-state index in [-0.39, 0.29) is 12.1 Å². The van der Waals surface area contributed by atoms with Gasteiger partial charge in [0, 0.05) is 22.9 Å². The summed E-state index contributed by atoms with van der Waals surface area (Å²) in [4.78, 5) is 4.01. The highest BCUT2D eigenvalue weighted by Crippen LogP contribution is 2.21. The van der Waals surface area contributed by atoms with E-state index in [4.69, 9.17) is 10.5 Å². The molecule has 2 N–H and O–H groups in total. The summed E-state index contributed by atoms with van der Waals surface area (Å²) in [6, 6.07) is 11.9. The number of ether oxygens (including phenoxy) is 1. The molecule has 2 rings (SSSR count). The molecule has 0 saturated heterocycles. The second-order valence-electron chi connectivity index (χ2n) is 4.50. The number of nitrogens with zero attached hydrogens (tertiary/aromatic N) is 1. The van der Waals surface area contributed by atoms with Gasteiger partial charge in [-0.05, 0) is 42.3 Å². The van der Waals surface area contributed by atoms with Crippen LogP contribution >= 0.6 is 15.9 Å². The maximum absolute atomic E-state index is 6.00. The monoisotopic (exact) mass is 320 g/mol. The molecule has 0 aliphatic carbocycles. The summed E-state index contributed by atoms with van der Waals surface area (Å²) in [5.41, 5.74) is 8.19. The second-order valence-corrected chi connectivity index (χ2v) is 5.41. The molecule has 0 radical (unpaired) electrons. The average molecular weight is 321 g/mol. The van der Waals surface area contributed by atoms with Crippen LogP contribution in [0.1, 0.15) is 24.2 Å². The fraction of sp³-hybridized carbons (Fsp3) is 0.267. The minimum absolute atomic E-state index is 0.0714. The number of aromatic nitrogens is 1. The molecule has 100 valence electrons. The van der Waals surface area contributed by atoms with Crippen LogP contribution in [-0.4, -0.2) is 11.0 Å². The van der Waals surface area contributed by atoms with Crippen LogP contribution in [0, 0.1) is 0 Å². The van der Waals surface area contributed by atoms with E-state index >= 15 is 0 Å². The van der Waals surface area contributed by atoms with E-state index in [1.165, 1.54) is 0 Å².